The zero-order chi connectivity index (χ0) is 49.5. The predicted molar refractivity (Wildman–Crippen MR) is 306 cm³/mol. The Balaban J connectivity index is 1.25. The van der Waals surface area contributed by atoms with E-state index in [2.05, 4.69) is 271 Å². The molecule has 0 amide bonds. The van der Waals surface area contributed by atoms with E-state index in [1.54, 1.807) is 0 Å². The van der Waals surface area contributed by atoms with Crippen molar-refractivity contribution in [1.82, 2.24) is 0 Å². The molecule has 8 aromatic carbocycles. The molecule has 0 saturated heterocycles. The third-order valence-electron chi connectivity index (χ3n) is 15.1. The first-order valence-corrected chi connectivity index (χ1v) is 26.2. The van der Waals surface area contributed by atoms with Gasteiger partial charge in [0.2, 0.25) is 0 Å². The van der Waals surface area contributed by atoms with Crippen molar-refractivity contribution < 1.29 is 4.42 Å². The quantitative estimate of drug-likeness (QED) is 0.144. The lowest BCUT2D eigenvalue weighted by molar-refractivity contribution is 0.332. The molecule has 11 rings (SSSR count). The molecular formula is C66H65N3OS. The van der Waals surface area contributed by atoms with Crippen LogP contribution >= 0.6 is 11.3 Å². The highest BCUT2D eigenvalue weighted by molar-refractivity contribution is 7.17. The van der Waals surface area contributed by atoms with Gasteiger partial charge >= 0.3 is 0 Å². The first-order valence-electron chi connectivity index (χ1n) is 25.3. The highest BCUT2D eigenvalue weighted by atomic mass is 32.1. The molecule has 0 radical (unpaired) electrons. The zero-order valence-electron chi connectivity index (χ0n) is 43.0. The van der Waals surface area contributed by atoms with Crippen molar-refractivity contribution in [3.05, 3.63) is 210 Å². The second-order valence-corrected chi connectivity index (χ2v) is 23.9. The number of rotatable bonds is 9. The maximum absolute atomic E-state index is 6.69. The Morgan fingerprint density at radius 1 is 0.408 bits per heavy atom. The third-order valence-corrected chi connectivity index (χ3v) is 16.0. The highest BCUT2D eigenvalue weighted by Crippen LogP contribution is 2.53. The summed E-state index contributed by atoms with van der Waals surface area (Å²) >= 11 is 1.85. The Kier molecular flexibility index (Phi) is 11.3. The Hall–Kier alpha value is -7.08. The number of para-hydroxylation sites is 3. The molecule has 0 bridgehead atoms. The number of thiophene rings is 1. The molecule has 0 fully saturated rings. The summed E-state index contributed by atoms with van der Waals surface area (Å²) in [4.78, 5) is 7.37. The van der Waals surface area contributed by atoms with Crippen LogP contribution in [0.25, 0.3) is 32.0 Å². The van der Waals surface area contributed by atoms with Gasteiger partial charge in [-0.15, -0.1) is 11.3 Å². The molecule has 2 heterocycles. The van der Waals surface area contributed by atoms with Gasteiger partial charge in [0.25, 0.3) is 0 Å². The predicted octanol–water partition coefficient (Wildman–Crippen LogP) is 20.2. The van der Waals surface area contributed by atoms with Gasteiger partial charge in [0.05, 0.1) is 33.8 Å². The zero-order valence-corrected chi connectivity index (χ0v) is 43.8. The minimum atomic E-state index is 0.00295. The SMILES string of the molecule is CC(C)(C)c1ccc(N(c2ccc(C(C)(C)C)cc2)c2cc(N(c3ccccc3)c3ccccc3)cc(N(c3csc4cc5c(cc34)C(C)(C)CCC5(C)C)c3cccc4oc5ccccc5c34)c2)cc1. The van der Waals surface area contributed by atoms with Gasteiger partial charge in [-0.2, -0.15) is 0 Å². The average molecular weight is 948 g/mol. The number of benzene rings is 8. The number of anilines is 9. The standard InChI is InChI=1S/C66H65N3OS/c1-63(2,3)44-28-32-48(33-29-44)68(49-34-30-45(31-35-49)64(4,5)6)51-38-50(67(46-20-13-11-14-21-46)47-22-15-12-16-23-47)39-52(40-51)69(57-25-19-27-60-62(57)53-24-17-18-26-59(53)70-60)58-43-71-61-42-56-55(41-54(58)61)65(7,8)36-37-66(56,9)10/h11-35,38-43H,36-37H2,1-10H3. The summed E-state index contributed by atoms with van der Waals surface area (Å²) in [7, 11) is 0. The second kappa shape index (κ2) is 17.3. The molecule has 1 aliphatic carbocycles. The van der Waals surface area contributed by atoms with Crippen LogP contribution in [0.15, 0.2) is 192 Å². The van der Waals surface area contributed by atoms with Gasteiger partial charge in [-0.3, -0.25) is 0 Å². The Morgan fingerprint density at radius 3 is 1.38 bits per heavy atom. The normalized spacial score (nSPS) is 14.5. The van der Waals surface area contributed by atoms with E-state index in [0.29, 0.717) is 0 Å². The lowest BCUT2D eigenvalue weighted by Gasteiger charge is -2.42. The van der Waals surface area contributed by atoms with Gasteiger partial charge in [0.1, 0.15) is 11.2 Å². The van der Waals surface area contributed by atoms with Gasteiger partial charge in [0, 0.05) is 43.6 Å². The van der Waals surface area contributed by atoms with Crippen LogP contribution in [-0.4, -0.2) is 0 Å². The van der Waals surface area contributed by atoms with E-state index >= 15 is 0 Å². The smallest absolute Gasteiger partial charge is 0.137 e. The van der Waals surface area contributed by atoms with Gasteiger partial charge in [0.15, 0.2) is 0 Å². The van der Waals surface area contributed by atoms with E-state index in [1.807, 2.05) is 11.3 Å². The highest BCUT2D eigenvalue weighted by Gasteiger charge is 2.38. The van der Waals surface area contributed by atoms with Gasteiger partial charge in [-0.25, -0.2) is 0 Å². The van der Waals surface area contributed by atoms with E-state index < -0.39 is 0 Å². The Morgan fingerprint density at radius 2 is 0.859 bits per heavy atom. The lowest BCUT2D eigenvalue weighted by Crippen LogP contribution is -2.33. The van der Waals surface area contributed by atoms with E-state index in [4.69, 9.17) is 4.42 Å². The van der Waals surface area contributed by atoms with Crippen LogP contribution in [0, 0.1) is 0 Å². The first-order chi connectivity index (χ1) is 33.9. The van der Waals surface area contributed by atoms with Crippen molar-refractivity contribution in [3.63, 3.8) is 0 Å². The molecule has 71 heavy (non-hydrogen) atoms. The Labute approximate surface area is 424 Å². The Bertz CT molecular complexity index is 3450. The number of nitrogens with zero attached hydrogens (tertiary/aromatic N) is 3. The van der Waals surface area contributed by atoms with Gasteiger partial charge < -0.3 is 19.1 Å². The van der Waals surface area contributed by atoms with Crippen LogP contribution < -0.4 is 14.7 Å². The van der Waals surface area contributed by atoms with E-state index in [9.17, 15) is 0 Å². The van der Waals surface area contributed by atoms with Crippen LogP contribution in [0.3, 0.4) is 0 Å². The van der Waals surface area contributed by atoms with Crippen molar-refractivity contribution in [1.29, 1.82) is 0 Å². The van der Waals surface area contributed by atoms with E-state index in [1.165, 1.54) is 38.8 Å². The summed E-state index contributed by atoms with van der Waals surface area (Å²) < 4.78 is 7.99. The number of furan rings is 1. The largest absolute Gasteiger partial charge is 0.456 e. The molecule has 0 atom stereocenters. The molecule has 0 unspecified atom stereocenters. The molecule has 0 spiro atoms. The van der Waals surface area contributed by atoms with Gasteiger partial charge in [-0.1, -0.05) is 154 Å². The summed E-state index contributed by atoms with van der Waals surface area (Å²) in [6, 6.07) is 67.2. The molecule has 1 aliphatic rings. The van der Waals surface area contributed by atoms with E-state index in [0.717, 1.165) is 79.5 Å². The molecule has 2 aromatic heterocycles. The van der Waals surface area contributed by atoms with Gasteiger partial charge in [-0.05, 0) is 154 Å². The topological polar surface area (TPSA) is 22.9 Å². The molecule has 5 heteroatoms. The number of hydrogen-bond donors (Lipinski definition) is 0. The maximum atomic E-state index is 6.69. The molecule has 0 N–H and O–H groups in total. The number of fused-ring (bicyclic) bond motifs is 5. The second-order valence-electron chi connectivity index (χ2n) is 23.0. The monoisotopic (exact) mass is 947 g/mol. The fourth-order valence-corrected chi connectivity index (χ4v) is 11.8. The minimum Gasteiger partial charge on any atom is -0.456 e. The first kappa shape index (κ1) is 46.3. The van der Waals surface area contributed by atoms with Crippen molar-refractivity contribution in [3.8, 4) is 0 Å². The molecular weight excluding hydrogens is 883 g/mol. The fraction of sp³-hybridized carbons (Fsp3) is 0.242. The molecule has 10 aromatic rings. The minimum absolute atomic E-state index is 0.00295. The average Bonchev–Trinajstić information content (AvgIpc) is 3.95. The summed E-state index contributed by atoms with van der Waals surface area (Å²) in [5.41, 5.74) is 17.0. The summed E-state index contributed by atoms with van der Waals surface area (Å²) in [6.45, 7) is 23.4. The van der Waals surface area contributed by atoms with Crippen LogP contribution in [0.5, 0.6) is 0 Å². The van der Waals surface area contributed by atoms with E-state index in [-0.39, 0.29) is 21.7 Å². The third kappa shape index (κ3) is 8.48. The van der Waals surface area contributed by atoms with Crippen LogP contribution in [-0.2, 0) is 21.7 Å². The van der Waals surface area contributed by atoms with Crippen molar-refractivity contribution in [2.75, 3.05) is 14.7 Å². The van der Waals surface area contributed by atoms with Crippen LogP contribution in [0.4, 0.5) is 51.2 Å². The maximum Gasteiger partial charge on any atom is 0.137 e. The molecule has 0 aliphatic heterocycles. The summed E-state index contributed by atoms with van der Waals surface area (Å²) in [5.74, 6) is 0. The van der Waals surface area contributed by atoms with Crippen LogP contribution in [0.1, 0.15) is 104 Å². The summed E-state index contributed by atoms with van der Waals surface area (Å²) in [5, 5.41) is 5.83. The fourth-order valence-electron chi connectivity index (χ4n) is 10.8. The molecule has 4 nitrogen and oxygen atoms in total. The van der Waals surface area contributed by atoms with Crippen molar-refractivity contribution in [2.45, 2.75) is 104 Å². The van der Waals surface area contributed by atoms with Crippen LogP contribution in [0.2, 0.25) is 0 Å². The number of hydrogen-bond acceptors (Lipinski definition) is 5. The summed E-state index contributed by atoms with van der Waals surface area (Å²) in [6.07, 6.45) is 2.31. The lowest BCUT2D eigenvalue weighted by atomic mass is 9.63. The van der Waals surface area contributed by atoms with Crippen molar-refractivity contribution in [2.24, 2.45) is 0 Å². The van der Waals surface area contributed by atoms with Crippen molar-refractivity contribution >= 4 is 94.5 Å². The molecule has 356 valence electrons. The molecule has 0 saturated carbocycles.